The summed E-state index contributed by atoms with van der Waals surface area (Å²) < 4.78 is 38.5. The number of benzene rings is 2. The zero-order valence-electron chi connectivity index (χ0n) is 19.1. The maximum absolute atomic E-state index is 13.3. The standard InChI is InChI=1S/C24H24ClF2N3O4/c1-12(31)14-6-5-7-19(33-22(26)27)20(14)18-11-16(29-23(32)34-24(2,3)4)21-28-15-9-8-13(25)10-17(15)30(18)21/h5-10,16,18,22H,11H2,1-4H3,(H,29,32)/t16-,18-/m1/s1. The highest BCUT2D eigenvalue weighted by Gasteiger charge is 2.39. The quantitative estimate of drug-likeness (QED) is 0.439. The van der Waals surface area contributed by atoms with E-state index in [1.807, 2.05) is 4.57 Å². The van der Waals surface area contributed by atoms with Crippen LogP contribution in [0.4, 0.5) is 13.6 Å². The van der Waals surface area contributed by atoms with Crippen molar-refractivity contribution in [2.24, 2.45) is 0 Å². The number of alkyl carbamates (subject to hydrolysis) is 1. The van der Waals surface area contributed by atoms with Crippen LogP contribution in [0.3, 0.4) is 0 Å². The molecule has 0 unspecified atom stereocenters. The lowest BCUT2D eigenvalue weighted by atomic mass is 9.94. The summed E-state index contributed by atoms with van der Waals surface area (Å²) in [6.45, 7) is 3.53. The largest absolute Gasteiger partial charge is 0.444 e. The topological polar surface area (TPSA) is 82.4 Å². The first kappa shape index (κ1) is 23.9. The fourth-order valence-electron chi connectivity index (χ4n) is 4.31. The van der Waals surface area contributed by atoms with E-state index in [1.54, 1.807) is 45.0 Å². The van der Waals surface area contributed by atoms with Gasteiger partial charge in [0.25, 0.3) is 0 Å². The number of imidazole rings is 1. The normalized spacial score (nSPS) is 17.6. The Kier molecular flexibility index (Phi) is 6.24. The summed E-state index contributed by atoms with van der Waals surface area (Å²) in [5, 5.41) is 3.28. The van der Waals surface area contributed by atoms with Crippen molar-refractivity contribution in [3.8, 4) is 5.75 Å². The van der Waals surface area contributed by atoms with Gasteiger partial charge in [-0.15, -0.1) is 0 Å². The highest BCUT2D eigenvalue weighted by molar-refractivity contribution is 6.31. The van der Waals surface area contributed by atoms with Crippen molar-refractivity contribution in [1.82, 2.24) is 14.9 Å². The van der Waals surface area contributed by atoms with Crippen LogP contribution in [0.2, 0.25) is 5.02 Å². The number of ketones is 1. The molecule has 180 valence electrons. The maximum Gasteiger partial charge on any atom is 0.408 e. The number of nitrogens with one attached hydrogen (secondary N) is 1. The van der Waals surface area contributed by atoms with Crippen LogP contribution in [-0.4, -0.2) is 33.6 Å². The number of halogens is 3. The average molecular weight is 492 g/mol. The molecule has 10 heteroatoms. The second kappa shape index (κ2) is 8.87. The number of ether oxygens (including phenoxy) is 2. The summed E-state index contributed by atoms with van der Waals surface area (Å²) in [5.41, 5.74) is 1.08. The fourth-order valence-corrected chi connectivity index (χ4v) is 4.47. The van der Waals surface area contributed by atoms with E-state index >= 15 is 0 Å². The van der Waals surface area contributed by atoms with Gasteiger partial charge in [0.15, 0.2) is 5.78 Å². The molecule has 3 aromatic rings. The van der Waals surface area contributed by atoms with Crippen LogP contribution < -0.4 is 10.1 Å². The Bertz CT molecular complexity index is 1270. The molecule has 0 radical (unpaired) electrons. The molecule has 0 fully saturated rings. The van der Waals surface area contributed by atoms with Gasteiger partial charge in [0, 0.05) is 22.6 Å². The number of amides is 1. The Balaban J connectivity index is 1.88. The minimum atomic E-state index is -3.08. The number of carbonyl (C=O) groups is 2. The number of alkyl halides is 2. The summed E-state index contributed by atoms with van der Waals surface area (Å²) in [6, 6.07) is 8.35. The lowest BCUT2D eigenvalue weighted by Crippen LogP contribution is -2.34. The first-order valence-corrected chi connectivity index (χ1v) is 11.1. The van der Waals surface area contributed by atoms with Crippen molar-refractivity contribution in [3.63, 3.8) is 0 Å². The van der Waals surface area contributed by atoms with Crippen molar-refractivity contribution < 1.29 is 27.8 Å². The van der Waals surface area contributed by atoms with Crippen molar-refractivity contribution in [1.29, 1.82) is 0 Å². The second-order valence-corrected chi connectivity index (χ2v) is 9.51. The maximum atomic E-state index is 13.3. The van der Waals surface area contributed by atoms with Crippen LogP contribution in [0.15, 0.2) is 36.4 Å². The number of Topliss-reactive ketones (excluding diaryl/α,β-unsaturated/α-hetero) is 1. The third kappa shape index (κ3) is 4.70. The van der Waals surface area contributed by atoms with Crippen molar-refractivity contribution in [3.05, 3.63) is 58.4 Å². The molecule has 2 atom stereocenters. The molecule has 0 aliphatic carbocycles. The van der Waals surface area contributed by atoms with E-state index in [0.29, 0.717) is 27.4 Å². The molecular formula is C24H24ClF2N3O4. The van der Waals surface area contributed by atoms with Crippen LogP contribution in [0.25, 0.3) is 11.0 Å². The summed E-state index contributed by atoms with van der Waals surface area (Å²) in [6.07, 6.45) is -0.396. The van der Waals surface area contributed by atoms with E-state index < -0.39 is 30.4 Å². The van der Waals surface area contributed by atoms with Crippen LogP contribution >= 0.6 is 11.6 Å². The highest BCUT2D eigenvalue weighted by atomic mass is 35.5. The predicted octanol–water partition coefficient (Wildman–Crippen LogP) is 6.05. The molecule has 1 aliphatic heterocycles. The molecule has 2 heterocycles. The molecule has 2 aromatic carbocycles. The zero-order chi connectivity index (χ0) is 24.8. The molecule has 1 aromatic heterocycles. The molecule has 1 amide bonds. The van der Waals surface area contributed by atoms with Gasteiger partial charge in [-0.3, -0.25) is 4.79 Å². The SMILES string of the molecule is CC(=O)c1cccc(OC(F)F)c1[C@H]1C[C@@H](NC(=O)OC(C)(C)C)c2nc3ccc(Cl)cc3n21. The predicted molar refractivity (Wildman–Crippen MR) is 123 cm³/mol. The van der Waals surface area contributed by atoms with Crippen molar-refractivity contribution in [2.45, 2.75) is 58.4 Å². The van der Waals surface area contributed by atoms with Crippen LogP contribution in [0.1, 0.15) is 67.9 Å². The number of rotatable bonds is 5. The van der Waals surface area contributed by atoms with Crippen LogP contribution in [0.5, 0.6) is 5.75 Å². The smallest absolute Gasteiger partial charge is 0.408 e. The Morgan fingerprint density at radius 2 is 1.97 bits per heavy atom. The lowest BCUT2D eigenvalue weighted by molar-refractivity contribution is -0.0507. The van der Waals surface area contributed by atoms with E-state index in [1.165, 1.54) is 19.1 Å². The Hall–Kier alpha value is -3.20. The summed E-state index contributed by atoms with van der Waals surface area (Å²) in [5.74, 6) is 0.0807. The molecular weight excluding hydrogens is 468 g/mol. The number of nitrogens with zero attached hydrogens (tertiary/aromatic N) is 2. The van der Waals surface area contributed by atoms with Gasteiger partial charge in [-0.2, -0.15) is 8.78 Å². The number of hydrogen-bond acceptors (Lipinski definition) is 5. The number of hydrogen-bond donors (Lipinski definition) is 1. The van der Waals surface area contributed by atoms with Gasteiger partial charge in [0.05, 0.1) is 23.1 Å². The molecule has 0 spiro atoms. The fraction of sp³-hybridized carbons (Fsp3) is 0.375. The Labute approximate surface area is 200 Å². The molecule has 0 saturated heterocycles. The Morgan fingerprint density at radius 1 is 1.24 bits per heavy atom. The summed E-state index contributed by atoms with van der Waals surface area (Å²) in [4.78, 5) is 29.7. The second-order valence-electron chi connectivity index (χ2n) is 9.08. The van der Waals surface area contributed by atoms with Crippen LogP contribution in [0, 0.1) is 0 Å². The summed E-state index contributed by atoms with van der Waals surface area (Å²) in [7, 11) is 0. The molecule has 0 bridgehead atoms. The van der Waals surface area contributed by atoms with Crippen molar-refractivity contribution in [2.75, 3.05) is 0 Å². The van der Waals surface area contributed by atoms with Crippen LogP contribution in [-0.2, 0) is 4.74 Å². The molecule has 1 aliphatic rings. The average Bonchev–Trinajstić information content (AvgIpc) is 3.23. The first-order chi connectivity index (χ1) is 15.9. The monoisotopic (exact) mass is 491 g/mol. The van der Waals surface area contributed by atoms with E-state index in [0.717, 1.165) is 0 Å². The molecule has 4 rings (SSSR count). The Morgan fingerprint density at radius 3 is 2.62 bits per heavy atom. The van der Waals surface area contributed by atoms with E-state index in [9.17, 15) is 18.4 Å². The van der Waals surface area contributed by atoms with Gasteiger partial charge >= 0.3 is 12.7 Å². The highest BCUT2D eigenvalue weighted by Crippen LogP contribution is 2.46. The van der Waals surface area contributed by atoms with Gasteiger partial charge in [0.1, 0.15) is 17.2 Å². The molecule has 34 heavy (non-hydrogen) atoms. The molecule has 7 nitrogen and oxygen atoms in total. The van der Waals surface area contributed by atoms with E-state index in [4.69, 9.17) is 21.1 Å². The third-order valence-corrected chi connectivity index (χ3v) is 5.68. The summed E-state index contributed by atoms with van der Waals surface area (Å²) >= 11 is 6.24. The number of aromatic nitrogens is 2. The van der Waals surface area contributed by atoms with E-state index in [2.05, 4.69) is 10.3 Å². The molecule has 0 saturated carbocycles. The lowest BCUT2D eigenvalue weighted by Gasteiger charge is -2.22. The first-order valence-electron chi connectivity index (χ1n) is 10.7. The van der Waals surface area contributed by atoms with E-state index in [-0.39, 0.29) is 23.5 Å². The van der Waals surface area contributed by atoms with Crippen molar-refractivity contribution >= 4 is 34.5 Å². The van der Waals surface area contributed by atoms with Gasteiger partial charge in [-0.05, 0) is 52.0 Å². The number of fused-ring (bicyclic) bond motifs is 3. The van der Waals surface area contributed by atoms with Gasteiger partial charge in [-0.1, -0.05) is 23.7 Å². The number of carbonyl (C=O) groups excluding carboxylic acids is 2. The van der Waals surface area contributed by atoms with Gasteiger partial charge in [0.2, 0.25) is 0 Å². The third-order valence-electron chi connectivity index (χ3n) is 5.45. The minimum absolute atomic E-state index is 0.111. The van der Waals surface area contributed by atoms with Gasteiger partial charge in [-0.25, -0.2) is 9.78 Å². The minimum Gasteiger partial charge on any atom is -0.444 e. The molecule has 1 N–H and O–H groups in total. The zero-order valence-corrected chi connectivity index (χ0v) is 19.8. The van der Waals surface area contributed by atoms with Gasteiger partial charge < -0.3 is 19.4 Å².